The van der Waals surface area contributed by atoms with Gasteiger partial charge in [-0.25, -0.2) is 0 Å². The van der Waals surface area contributed by atoms with Crippen LogP contribution in [0.2, 0.25) is 0 Å². The quantitative estimate of drug-likeness (QED) is 0.802. The van der Waals surface area contributed by atoms with Crippen molar-refractivity contribution in [2.45, 2.75) is 26.2 Å². The highest BCUT2D eigenvalue weighted by Gasteiger charge is 2.20. The van der Waals surface area contributed by atoms with Gasteiger partial charge in [-0.3, -0.25) is 0 Å². The molecule has 1 heterocycles. The molecule has 4 nitrogen and oxygen atoms in total. The zero-order valence-electron chi connectivity index (χ0n) is 9.61. The maximum absolute atomic E-state index is 5.72. The minimum absolute atomic E-state index is 0.464. The second-order valence-corrected chi connectivity index (χ2v) is 4.06. The lowest BCUT2D eigenvalue weighted by molar-refractivity contribution is 0.279. The van der Waals surface area contributed by atoms with Crippen molar-refractivity contribution in [3.8, 4) is 11.8 Å². The number of nitrogens with zero attached hydrogens (tertiary/aromatic N) is 1. The normalized spacial score (nSPS) is 14.8. The van der Waals surface area contributed by atoms with Crippen LogP contribution in [-0.2, 0) is 0 Å². The second kappa shape index (κ2) is 5.05. The van der Waals surface area contributed by atoms with Crippen LogP contribution in [0.3, 0.4) is 0 Å². The zero-order valence-corrected chi connectivity index (χ0v) is 9.61. The van der Waals surface area contributed by atoms with Gasteiger partial charge in [0.2, 0.25) is 11.8 Å². The Balaban J connectivity index is 1.89. The maximum atomic E-state index is 5.72. The molecular weight excluding hydrogens is 204 g/mol. The Kier molecular flexibility index (Phi) is 3.49. The Morgan fingerprint density at radius 3 is 2.88 bits per heavy atom. The summed E-state index contributed by atoms with van der Waals surface area (Å²) < 4.78 is 10.9. The van der Waals surface area contributed by atoms with Gasteiger partial charge in [-0.2, -0.15) is 4.98 Å². The number of nitrogens with two attached hydrogens (primary N) is 1. The molecule has 0 amide bonds. The minimum Gasteiger partial charge on any atom is -0.478 e. The minimum atomic E-state index is 0.464. The third kappa shape index (κ3) is 3.02. The fraction of sp³-hybridized carbons (Fsp3) is 0.583. The van der Waals surface area contributed by atoms with E-state index in [-0.39, 0.29) is 0 Å². The first-order valence-electron chi connectivity index (χ1n) is 5.81. The summed E-state index contributed by atoms with van der Waals surface area (Å²) in [5.41, 5.74) is 6.27. The lowest BCUT2D eigenvalue weighted by atomic mass is 10.3. The molecule has 2 N–H and O–H groups in total. The van der Waals surface area contributed by atoms with E-state index in [1.54, 1.807) is 12.1 Å². The van der Waals surface area contributed by atoms with E-state index >= 15 is 0 Å². The summed E-state index contributed by atoms with van der Waals surface area (Å²) in [5, 5.41) is 0. The van der Waals surface area contributed by atoms with Crippen LogP contribution in [0.1, 0.15) is 26.2 Å². The molecule has 88 valence electrons. The molecule has 0 saturated heterocycles. The van der Waals surface area contributed by atoms with Crippen LogP contribution < -0.4 is 15.2 Å². The molecule has 0 atom stereocenters. The molecule has 1 aliphatic carbocycles. The fourth-order valence-electron chi connectivity index (χ4n) is 1.50. The predicted molar refractivity (Wildman–Crippen MR) is 62.7 cm³/mol. The van der Waals surface area contributed by atoms with Crippen LogP contribution in [0.15, 0.2) is 12.1 Å². The molecule has 1 aromatic heterocycles. The smallest absolute Gasteiger partial charge is 0.240 e. The number of hydrogen-bond donors (Lipinski definition) is 1. The van der Waals surface area contributed by atoms with E-state index in [1.165, 1.54) is 12.8 Å². The van der Waals surface area contributed by atoms with Crippen LogP contribution >= 0.6 is 0 Å². The van der Waals surface area contributed by atoms with Gasteiger partial charge >= 0.3 is 0 Å². The molecule has 4 heteroatoms. The highest BCUT2D eigenvalue weighted by molar-refractivity contribution is 5.49. The Labute approximate surface area is 95.8 Å². The SMILES string of the molecule is CCOc1nc(OCCC2CC2)ccc1N. The van der Waals surface area contributed by atoms with Gasteiger partial charge in [0.1, 0.15) is 0 Å². The van der Waals surface area contributed by atoms with E-state index in [9.17, 15) is 0 Å². The molecule has 0 aliphatic heterocycles. The van der Waals surface area contributed by atoms with Gasteiger partial charge in [-0.1, -0.05) is 12.8 Å². The molecule has 0 unspecified atom stereocenters. The average Bonchev–Trinajstić information content (AvgIpc) is 3.07. The van der Waals surface area contributed by atoms with Crippen LogP contribution in [0.4, 0.5) is 5.69 Å². The number of rotatable bonds is 6. The monoisotopic (exact) mass is 222 g/mol. The first kappa shape index (κ1) is 11.0. The predicted octanol–water partition coefficient (Wildman–Crippen LogP) is 2.24. The van der Waals surface area contributed by atoms with Crippen molar-refractivity contribution >= 4 is 5.69 Å². The third-order valence-corrected chi connectivity index (χ3v) is 2.62. The number of pyridine rings is 1. The van der Waals surface area contributed by atoms with Crippen molar-refractivity contribution in [3.05, 3.63) is 12.1 Å². The van der Waals surface area contributed by atoms with Crippen molar-refractivity contribution in [3.63, 3.8) is 0 Å². The van der Waals surface area contributed by atoms with Crippen molar-refractivity contribution in [2.24, 2.45) is 5.92 Å². The van der Waals surface area contributed by atoms with Gasteiger partial charge in [-0.15, -0.1) is 0 Å². The van der Waals surface area contributed by atoms with Crippen molar-refractivity contribution in [1.29, 1.82) is 0 Å². The van der Waals surface area contributed by atoms with Gasteiger partial charge in [0, 0.05) is 6.07 Å². The molecule has 0 spiro atoms. The number of anilines is 1. The highest BCUT2D eigenvalue weighted by Crippen LogP contribution is 2.32. The lowest BCUT2D eigenvalue weighted by Gasteiger charge is -2.08. The Bertz CT molecular complexity index is 351. The number of ether oxygens (including phenoxy) is 2. The van der Waals surface area contributed by atoms with Crippen LogP contribution in [0, 0.1) is 5.92 Å². The first-order chi connectivity index (χ1) is 7.79. The van der Waals surface area contributed by atoms with Gasteiger partial charge in [0.05, 0.1) is 18.9 Å². The Hall–Kier alpha value is -1.45. The molecule has 0 radical (unpaired) electrons. The van der Waals surface area contributed by atoms with E-state index in [4.69, 9.17) is 15.2 Å². The molecule has 1 aromatic rings. The third-order valence-electron chi connectivity index (χ3n) is 2.62. The summed E-state index contributed by atoms with van der Waals surface area (Å²) in [6.45, 7) is 3.19. The van der Waals surface area contributed by atoms with Crippen LogP contribution in [-0.4, -0.2) is 18.2 Å². The molecular formula is C12H18N2O2. The highest BCUT2D eigenvalue weighted by atomic mass is 16.5. The molecule has 16 heavy (non-hydrogen) atoms. The van der Waals surface area contributed by atoms with Crippen molar-refractivity contribution in [1.82, 2.24) is 4.98 Å². The summed E-state index contributed by atoms with van der Waals surface area (Å²) in [4.78, 5) is 4.21. The van der Waals surface area contributed by atoms with E-state index in [0.29, 0.717) is 24.1 Å². The standard InChI is InChI=1S/C12H18N2O2/c1-2-15-12-10(13)5-6-11(14-12)16-8-7-9-3-4-9/h5-6,9H,2-4,7-8,13H2,1H3. The van der Waals surface area contributed by atoms with E-state index in [2.05, 4.69) is 4.98 Å². The Morgan fingerprint density at radius 2 is 2.19 bits per heavy atom. The molecule has 0 bridgehead atoms. The van der Waals surface area contributed by atoms with Crippen molar-refractivity contribution in [2.75, 3.05) is 18.9 Å². The number of nitrogen functional groups attached to an aromatic ring is 1. The van der Waals surface area contributed by atoms with Crippen molar-refractivity contribution < 1.29 is 9.47 Å². The van der Waals surface area contributed by atoms with E-state index < -0.39 is 0 Å². The summed E-state index contributed by atoms with van der Waals surface area (Å²) >= 11 is 0. The molecule has 1 aliphatic rings. The molecule has 1 saturated carbocycles. The Morgan fingerprint density at radius 1 is 1.38 bits per heavy atom. The molecule has 1 fully saturated rings. The van der Waals surface area contributed by atoms with Gasteiger partial charge < -0.3 is 15.2 Å². The van der Waals surface area contributed by atoms with Crippen LogP contribution in [0.25, 0.3) is 0 Å². The summed E-state index contributed by atoms with van der Waals surface area (Å²) in [6, 6.07) is 3.55. The lowest BCUT2D eigenvalue weighted by Crippen LogP contribution is -2.03. The summed E-state index contributed by atoms with van der Waals surface area (Å²) in [7, 11) is 0. The number of hydrogen-bond acceptors (Lipinski definition) is 4. The summed E-state index contributed by atoms with van der Waals surface area (Å²) in [6.07, 6.45) is 3.82. The number of aromatic nitrogens is 1. The van der Waals surface area contributed by atoms with Gasteiger partial charge in [-0.05, 0) is 25.3 Å². The first-order valence-corrected chi connectivity index (χ1v) is 5.81. The van der Waals surface area contributed by atoms with E-state index in [1.807, 2.05) is 6.92 Å². The van der Waals surface area contributed by atoms with Crippen LogP contribution in [0.5, 0.6) is 11.8 Å². The topological polar surface area (TPSA) is 57.4 Å². The van der Waals surface area contributed by atoms with Gasteiger partial charge in [0.25, 0.3) is 0 Å². The van der Waals surface area contributed by atoms with E-state index in [0.717, 1.165) is 18.9 Å². The zero-order chi connectivity index (χ0) is 11.4. The second-order valence-electron chi connectivity index (χ2n) is 4.06. The van der Waals surface area contributed by atoms with Gasteiger partial charge in [0.15, 0.2) is 0 Å². The largest absolute Gasteiger partial charge is 0.478 e. The fourth-order valence-corrected chi connectivity index (χ4v) is 1.50. The summed E-state index contributed by atoms with van der Waals surface area (Å²) in [5.74, 6) is 1.94. The maximum Gasteiger partial charge on any atom is 0.240 e. The average molecular weight is 222 g/mol. The molecule has 2 rings (SSSR count). The molecule has 0 aromatic carbocycles.